The number of fused-ring (bicyclic) bond motifs is 1. The fraction of sp³-hybridized carbons (Fsp3) is 0.133. The molecule has 0 fully saturated rings. The Morgan fingerprint density at radius 3 is 2.55 bits per heavy atom. The van der Waals surface area contributed by atoms with E-state index in [0.717, 1.165) is 0 Å². The summed E-state index contributed by atoms with van der Waals surface area (Å²) in [5.41, 5.74) is 0.623. The first-order valence-electron chi connectivity index (χ1n) is 6.40. The first-order valence-corrected chi connectivity index (χ1v) is 7.81. The molecule has 0 saturated carbocycles. The minimum Gasteiger partial charge on any atom is -0.454 e. The van der Waals surface area contributed by atoms with Crippen LogP contribution in [0.4, 0.5) is 0 Å². The van der Waals surface area contributed by atoms with Gasteiger partial charge in [0.2, 0.25) is 6.79 Å². The number of carbonyl (C=O) groups excluding carboxylic acids is 1. The number of aryl methyl sites for hydroxylation is 1. The SMILES string of the molecule is Cc1cc2c(cc1S(=O)(=O)Oc1ccccc1C=O)OCO2. The highest BCUT2D eigenvalue weighted by molar-refractivity contribution is 7.87. The van der Waals surface area contributed by atoms with Gasteiger partial charge < -0.3 is 13.7 Å². The van der Waals surface area contributed by atoms with Gasteiger partial charge in [-0.25, -0.2) is 0 Å². The molecule has 0 amide bonds. The van der Waals surface area contributed by atoms with Crippen LogP contribution in [0.2, 0.25) is 0 Å². The molecule has 0 aliphatic carbocycles. The summed E-state index contributed by atoms with van der Waals surface area (Å²) < 4.78 is 40.4. The summed E-state index contributed by atoms with van der Waals surface area (Å²) in [6.07, 6.45) is 0.539. The molecule has 1 aliphatic heterocycles. The van der Waals surface area contributed by atoms with Crippen molar-refractivity contribution in [3.8, 4) is 17.2 Å². The zero-order chi connectivity index (χ0) is 15.7. The Balaban J connectivity index is 2.02. The molecule has 3 rings (SSSR count). The number of rotatable bonds is 4. The lowest BCUT2D eigenvalue weighted by atomic mass is 10.2. The van der Waals surface area contributed by atoms with Crippen molar-refractivity contribution in [2.75, 3.05) is 6.79 Å². The number of aldehydes is 1. The third kappa shape index (κ3) is 2.50. The van der Waals surface area contributed by atoms with E-state index in [4.69, 9.17) is 13.7 Å². The van der Waals surface area contributed by atoms with Crippen LogP contribution >= 0.6 is 0 Å². The quantitative estimate of drug-likeness (QED) is 0.635. The lowest BCUT2D eigenvalue weighted by Gasteiger charge is -2.11. The van der Waals surface area contributed by atoms with Gasteiger partial charge in [0.25, 0.3) is 0 Å². The van der Waals surface area contributed by atoms with Crippen molar-refractivity contribution in [1.29, 1.82) is 0 Å². The summed E-state index contributed by atoms with van der Waals surface area (Å²) in [6.45, 7) is 1.68. The molecule has 0 bridgehead atoms. The van der Waals surface area contributed by atoms with Crippen LogP contribution in [0.3, 0.4) is 0 Å². The molecule has 0 spiro atoms. The number of ether oxygens (including phenoxy) is 2. The minimum absolute atomic E-state index is 0.0189. The van der Waals surface area contributed by atoms with E-state index in [1.807, 2.05) is 0 Å². The Hall–Kier alpha value is -2.54. The largest absolute Gasteiger partial charge is 0.454 e. The zero-order valence-electron chi connectivity index (χ0n) is 11.6. The summed E-state index contributed by atoms with van der Waals surface area (Å²) in [4.78, 5) is 10.9. The van der Waals surface area contributed by atoms with E-state index in [1.165, 1.54) is 18.2 Å². The van der Waals surface area contributed by atoms with Crippen LogP contribution in [0, 0.1) is 6.92 Å². The molecule has 2 aromatic carbocycles. The minimum atomic E-state index is -4.09. The highest BCUT2D eigenvalue weighted by Gasteiger charge is 2.25. The smallest absolute Gasteiger partial charge is 0.339 e. The normalized spacial score (nSPS) is 13.0. The van der Waals surface area contributed by atoms with E-state index < -0.39 is 10.1 Å². The van der Waals surface area contributed by atoms with Crippen molar-refractivity contribution in [1.82, 2.24) is 0 Å². The number of hydrogen-bond acceptors (Lipinski definition) is 6. The molecule has 1 aliphatic rings. The Kier molecular flexibility index (Phi) is 3.50. The van der Waals surface area contributed by atoms with Gasteiger partial charge in [-0.1, -0.05) is 12.1 Å². The maximum atomic E-state index is 12.5. The van der Waals surface area contributed by atoms with Gasteiger partial charge >= 0.3 is 10.1 Å². The zero-order valence-corrected chi connectivity index (χ0v) is 12.4. The van der Waals surface area contributed by atoms with E-state index in [2.05, 4.69) is 0 Å². The van der Waals surface area contributed by atoms with Gasteiger partial charge in [-0.05, 0) is 30.7 Å². The van der Waals surface area contributed by atoms with Crippen molar-refractivity contribution in [2.24, 2.45) is 0 Å². The van der Waals surface area contributed by atoms with Crippen molar-refractivity contribution in [2.45, 2.75) is 11.8 Å². The van der Waals surface area contributed by atoms with E-state index in [1.54, 1.807) is 25.1 Å². The lowest BCUT2D eigenvalue weighted by Crippen LogP contribution is -2.12. The second-order valence-electron chi connectivity index (χ2n) is 4.66. The molecule has 0 atom stereocenters. The maximum Gasteiger partial charge on any atom is 0.339 e. The highest BCUT2D eigenvalue weighted by atomic mass is 32.2. The Morgan fingerprint density at radius 1 is 1.14 bits per heavy atom. The molecule has 6 nitrogen and oxygen atoms in total. The molecule has 1 heterocycles. The average Bonchev–Trinajstić information content (AvgIpc) is 2.93. The lowest BCUT2D eigenvalue weighted by molar-refractivity contribution is 0.112. The van der Waals surface area contributed by atoms with E-state index in [0.29, 0.717) is 23.3 Å². The molecular formula is C15H12O6S. The molecule has 0 radical (unpaired) electrons. The van der Waals surface area contributed by atoms with Crippen molar-refractivity contribution < 1.29 is 26.9 Å². The monoisotopic (exact) mass is 320 g/mol. The van der Waals surface area contributed by atoms with Gasteiger partial charge in [0.1, 0.15) is 4.90 Å². The van der Waals surface area contributed by atoms with Crippen LogP contribution in [0.1, 0.15) is 15.9 Å². The Bertz CT molecular complexity index is 841. The number of para-hydroxylation sites is 1. The van der Waals surface area contributed by atoms with Crippen molar-refractivity contribution in [3.05, 3.63) is 47.5 Å². The van der Waals surface area contributed by atoms with E-state index >= 15 is 0 Å². The van der Waals surface area contributed by atoms with Gasteiger partial charge in [0.05, 0.1) is 5.56 Å². The van der Waals surface area contributed by atoms with Gasteiger partial charge in [-0.3, -0.25) is 4.79 Å². The van der Waals surface area contributed by atoms with Gasteiger partial charge in [0.15, 0.2) is 23.5 Å². The highest BCUT2D eigenvalue weighted by Crippen LogP contribution is 2.37. The molecule has 7 heteroatoms. The van der Waals surface area contributed by atoms with E-state index in [9.17, 15) is 13.2 Å². The second kappa shape index (κ2) is 5.34. The Labute approximate surface area is 127 Å². The summed E-state index contributed by atoms with van der Waals surface area (Å²) in [5, 5.41) is 0. The predicted molar refractivity (Wildman–Crippen MR) is 76.9 cm³/mol. The van der Waals surface area contributed by atoms with Crippen LogP contribution in [-0.2, 0) is 10.1 Å². The molecule has 0 saturated heterocycles. The first-order chi connectivity index (χ1) is 10.5. The predicted octanol–water partition coefficient (Wildman–Crippen LogP) is 2.30. The van der Waals surface area contributed by atoms with Crippen molar-refractivity contribution >= 4 is 16.4 Å². The second-order valence-corrected chi connectivity index (χ2v) is 6.18. The topological polar surface area (TPSA) is 78.9 Å². The molecule has 0 unspecified atom stereocenters. The molecular weight excluding hydrogens is 308 g/mol. The van der Waals surface area contributed by atoms with Crippen LogP contribution < -0.4 is 13.7 Å². The van der Waals surface area contributed by atoms with Crippen molar-refractivity contribution in [3.63, 3.8) is 0 Å². The number of hydrogen-bond donors (Lipinski definition) is 0. The molecule has 0 aromatic heterocycles. The summed E-state index contributed by atoms with van der Waals surface area (Å²) in [7, 11) is -4.09. The number of benzene rings is 2. The maximum absolute atomic E-state index is 12.5. The van der Waals surface area contributed by atoms with Crippen LogP contribution in [0.5, 0.6) is 17.2 Å². The average molecular weight is 320 g/mol. The first kappa shape index (κ1) is 14.4. The van der Waals surface area contributed by atoms with Gasteiger partial charge in [-0.15, -0.1) is 0 Å². The standard InChI is InChI=1S/C15H12O6S/c1-10-6-13-14(20-9-19-13)7-15(10)22(17,18)21-12-5-3-2-4-11(12)8-16/h2-8H,9H2,1H3. The van der Waals surface area contributed by atoms with Gasteiger partial charge in [-0.2, -0.15) is 8.42 Å². The van der Waals surface area contributed by atoms with Crippen LogP contribution in [-0.4, -0.2) is 21.5 Å². The van der Waals surface area contributed by atoms with Crippen LogP contribution in [0.25, 0.3) is 0 Å². The molecule has 114 valence electrons. The summed E-state index contributed by atoms with van der Waals surface area (Å²) in [6, 6.07) is 9.04. The summed E-state index contributed by atoms with van der Waals surface area (Å²) >= 11 is 0. The fourth-order valence-corrected chi connectivity index (χ4v) is 3.29. The van der Waals surface area contributed by atoms with Gasteiger partial charge in [0, 0.05) is 6.07 Å². The van der Waals surface area contributed by atoms with Crippen LogP contribution in [0.15, 0.2) is 41.3 Å². The molecule has 0 N–H and O–H groups in total. The van der Waals surface area contributed by atoms with E-state index in [-0.39, 0.29) is 23.0 Å². The molecule has 22 heavy (non-hydrogen) atoms. The summed E-state index contributed by atoms with van der Waals surface area (Å²) in [5.74, 6) is 0.816. The third-order valence-corrected chi connectivity index (χ3v) is 4.56. The number of carbonyl (C=O) groups is 1. The fourth-order valence-electron chi connectivity index (χ4n) is 2.11. The molecule has 2 aromatic rings. The Morgan fingerprint density at radius 2 is 1.82 bits per heavy atom. The third-order valence-electron chi connectivity index (χ3n) is 3.18.